The van der Waals surface area contributed by atoms with Gasteiger partial charge >= 0.3 is 18.1 Å². The number of nitrogens with one attached hydrogen (secondary N) is 7. The van der Waals surface area contributed by atoms with E-state index in [9.17, 15) is 48.3 Å². The van der Waals surface area contributed by atoms with Crippen molar-refractivity contribution in [3.05, 3.63) is 149 Å². The fourth-order valence-electron chi connectivity index (χ4n) is 10.2. The summed E-state index contributed by atoms with van der Waals surface area (Å²) in [5, 5.41) is 29.3. The molecular formula is C68H94N10O11. The molecule has 0 saturated carbocycles. The average Bonchev–Trinajstić information content (AvgIpc) is 1.31. The number of aryl methyl sites for hydroxylation is 1. The molecule has 0 aliphatic heterocycles. The van der Waals surface area contributed by atoms with Gasteiger partial charge in [-0.3, -0.25) is 28.8 Å². The molecule has 4 rings (SSSR count). The molecule has 0 unspecified atom stereocenters. The lowest BCUT2D eigenvalue weighted by Crippen LogP contribution is -2.61. The minimum Gasteiger partial charge on any atom is -0.478 e. The van der Waals surface area contributed by atoms with Crippen LogP contribution in [0.25, 0.3) is 6.08 Å². The number of hydrogen-bond acceptors (Lipinski definition) is 11. The number of nitrogens with two attached hydrogens (primary N) is 1. The van der Waals surface area contributed by atoms with Crippen molar-refractivity contribution in [1.82, 2.24) is 36.8 Å². The lowest BCUT2D eigenvalue weighted by atomic mass is 9.76. The fourth-order valence-corrected chi connectivity index (χ4v) is 10.2. The van der Waals surface area contributed by atoms with Crippen molar-refractivity contribution in [1.29, 1.82) is 0 Å². The summed E-state index contributed by atoms with van der Waals surface area (Å²) >= 11 is 0. The number of carboxylic acids is 1. The van der Waals surface area contributed by atoms with Gasteiger partial charge < -0.3 is 62.6 Å². The normalized spacial score (nSPS) is 13.4. The predicted octanol–water partition coefficient (Wildman–Crippen LogP) is 8.26. The first-order valence-electron chi connectivity index (χ1n) is 30.2. The number of para-hydroxylation sites is 1. The van der Waals surface area contributed by atoms with Crippen molar-refractivity contribution < 1.29 is 53.0 Å². The lowest BCUT2D eigenvalue weighted by molar-refractivity contribution is -0.141. The molecule has 0 spiro atoms. The molecule has 21 nitrogen and oxygen atoms in total. The number of carboxylic acid groups (broad SMARTS) is 1. The van der Waals surface area contributed by atoms with Crippen molar-refractivity contribution in [2.45, 2.75) is 164 Å². The van der Waals surface area contributed by atoms with E-state index in [1.165, 1.54) is 11.8 Å². The molecule has 482 valence electrons. The van der Waals surface area contributed by atoms with E-state index in [-0.39, 0.29) is 75.2 Å². The first-order valence-corrected chi connectivity index (χ1v) is 30.2. The van der Waals surface area contributed by atoms with Crippen molar-refractivity contribution in [3.8, 4) is 0 Å². The Morgan fingerprint density at radius 3 is 1.92 bits per heavy atom. The van der Waals surface area contributed by atoms with E-state index in [1.54, 1.807) is 69.3 Å². The largest absolute Gasteiger partial charge is 0.478 e. The van der Waals surface area contributed by atoms with Gasteiger partial charge in [0.1, 0.15) is 24.7 Å². The van der Waals surface area contributed by atoms with E-state index in [1.807, 2.05) is 128 Å². The van der Waals surface area contributed by atoms with E-state index in [0.717, 1.165) is 33.5 Å². The zero-order valence-electron chi connectivity index (χ0n) is 54.0. The quantitative estimate of drug-likeness (QED) is 0.0165. The minimum absolute atomic E-state index is 0.0910. The number of hydrogen-bond donors (Lipinski definition) is 9. The van der Waals surface area contributed by atoms with Crippen LogP contribution in [-0.2, 0) is 69.8 Å². The molecule has 0 saturated heterocycles. The van der Waals surface area contributed by atoms with Crippen LogP contribution >= 0.6 is 0 Å². The van der Waals surface area contributed by atoms with Crippen LogP contribution in [-0.4, -0.2) is 114 Å². The Bertz CT molecular complexity index is 3130. The maximum Gasteiger partial charge on any atom is 0.407 e. The monoisotopic (exact) mass is 1230 g/mol. The van der Waals surface area contributed by atoms with Gasteiger partial charge in [-0.15, -0.1) is 0 Å². The number of urea groups is 1. The molecule has 0 fully saturated rings. The number of carbonyl (C=O) groups excluding carboxylic acids is 8. The zero-order chi connectivity index (χ0) is 66.3. The van der Waals surface area contributed by atoms with E-state index in [4.69, 9.17) is 10.5 Å². The molecule has 0 aromatic heterocycles. The Morgan fingerprint density at radius 2 is 1.35 bits per heavy atom. The molecule has 0 heterocycles. The minimum atomic E-state index is -1.11. The molecule has 10 N–H and O–H groups in total. The van der Waals surface area contributed by atoms with Gasteiger partial charge in [0.15, 0.2) is 0 Å². The second-order valence-electron chi connectivity index (χ2n) is 24.6. The van der Waals surface area contributed by atoms with Crippen LogP contribution in [0.15, 0.2) is 115 Å². The summed E-state index contributed by atoms with van der Waals surface area (Å²) in [5.41, 5.74) is 9.91. The van der Waals surface area contributed by atoms with Crippen LogP contribution in [0.1, 0.15) is 135 Å². The van der Waals surface area contributed by atoms with Gasteiger partial charge in [0.25, 0.3) is 0 Å². The van der Waals surface area contributed by atoms with Crippen molar-refractivity contribution in [2.24, 2.45) is 23.0 Å². The molecule has 5 atom stereocenters. The molecule has 4 aromatic carbocycles. The summed E-state index contributed by atoms with van der Waals surface area (Å²) in [7, 11) is 3.29. The Labute approximate surface area is 524 Å². The number of nitrogens with zero attached hydrogens (tertiary/aromatic N) is 2. The van der Waals surface area contributed by atoms with Crippen molar-refractivity contribution >= 4 is 71.0 Å². The number of benzene rings is 4. The maximum absolute atomic E-state index is 14.1. The number of aliphatic carboxylic acids is 1. The van der Waals surface area contributed by atoms with Crippen LogP contribution in [0.3, 0.4) is 0 Å². The van der Waals surface area contributed by atoms with Crippen molar-refractivity contribution in [2.75, 3.05) is 30.9 Å². The molecule has 0 aliphatic carbocycles. The van der Waals surface area contributed by atoms with Crippen LogP contribution < -0.4 is 47.9 Å². The standard InChI is InChI=1S/C68H94N10O11/c1-15-47-22-17-18-24-49(47)40-78(53-26-20-19-23-48(53)16-2)56(80)36-35-55(79)75-57(43(5)6)61(82)74-52(25-21-37-71-65(69)87)60(81)73-51-33-29-46(30-34-51)41-89-66(88)72-39-45-27-31-50(32-28-45)68(11,12)58(70-13)62(83)76-59(67(8,9)10)63(84)77(14)54(42(3)4)38-44(7)64(85)86/h15,17-20,22-24,26-34,38,42-43,52,54,57-59,70H,1,16,21,25,35-37,39-41H2,2-14H3,(H,72,88)(H,73,81)(H,74,82)(H,75,79)(H,76,83)(H,85,86)(H3,69,71,87)/b44-38+/t52-,54+,57-,58-,59+/m0/s1. The number of amides is 9. The third-order valence-electron chi connectivity index (χ3n) is 15.6. The third-order valence-corrected chi connectivity index (χ3v) is 15.6. The van der Waals surface area contributed by atoms with E-state index in [2.05, 4.69) is 43.8 Å². The molecule has 89 heavy (non-hydrogen) atoms. The van der Waals surface area contributed by atoms with Gasteiger partial charge in [0.05, 0.1) is 18.6 Å². The van der Waals surface area contributed by atoms with Gasteiger partial charge in [-0.05, 0) is 102 Å². The number of alkyl carbamates (subject to hydrolysis) is 1. The Morgan fingerprint density at radius 1 is 0.730 bits per heavy atom. The molecule has 0 radical (unpaired) electrons. The van der Waals surface area contributed by atoms with Gasteiger partial charge in [-0.25, -0.2) is 14.4 Å². The van der Waals surface area contributed by atoms with Gasteiger partial charge in [0, 0.05) is 55.3 Å². The summed E-state index contributed by atoms with van der Waals surface area (Å²) in [6.07, 6.45) is 3.29. The van der Waals surface area contributed by atoms with E-state index < -0.39 is 88.7 Å². The van der Waals surface area contributed by atoms with Crippen LogP contribution in [0.4, 0.5) is 21.0 Å². The summed E-state index contributed by atoms with van der Waals surface area (Å²) in [4.78, 5) is 123. The van der Waals surface area contributed by atoms with Crippen LogP contribution in [0.5, 0.6) is 0 Å². The highest BCUT2D eigenvalue weighted by Gasteiger charge is 2.42. The smallest absolute Gasteiger partial charge is 0.407 e. The Balaban J connectivity index is 1.35. The van der Waals surface area contributed by atoms with Gasteiger partial charge in [0.2, 0.25) is 35.4 Å². The molecule has 0 bridgehead atoms. The summed E-state index contributed by atoms with van der Waals surface area (Å²) in [6, 6.07) is 24.0. The average molecular weight is 1230 g/mol. The fraction of sp³-hybridized carbons (Fsp3) is 0.456. The number of carbonyl (C=O) groups is 9. The van der Waals surface area contributed by atoms with Crippen LogP contribution in [0, 0.1) is 17.3 Å². The SMILES string of the molecule is C=Cc1ccccc1CN(C(=O)CCC(=O)N[C@H](C(=O)N[C@@H](CCCNC(N)=O)C(=O)Nc1ccc(COC(=O)NCc2ccc(C(C)(C)[C@@H](NC)C(=O)N[C@H](C(=O)N(C)[C@H](/C=C(\C)C(=O)O)C(C)C)C(C)(C)C)cc2)cc1)C(C)C)c1ccccc1CC. The lowest BCUT2D eigenvalue weighted by Gasteiger charge is -2.40. The number of anilines is 2. The predicted molar refractivity (Wildman–Crippen MR) is 347 cm³/mol. The molecule has 21 heteroatoms. The highest BCUT2D eigenvalue weighted by molar-refractivity contribution is 5.99. The van der Waals surface area contributed by atoms with Crippen LogP contribution in [0.2, 0.25) is 0 Å². The molecule has 4 aromatic rings. The maximum atomic E-state index is 14.1. The third kappa shape index (κ3) is 21.8. The second kappa shape index (κ2) is 34.1. The van der Waals surface area contributed by atoms with E-state index >= 15 is 0 Å². The Kier molecular flexibility index (Phi) is 27.8. The first-order chi connectivity index (χ1) is 41.9. The molecule has 0 aliphatic rings. The number of likely N-dealkylation sites (N-methyl/N-ethyl adjacent to an activating group) is 2. The topological polar surface area (TPSA) is 300 Å². The highest BCUT2D eigenvalue weighted by Crippen LogP contribution is 2.31. The van der Waals surface area contributed by atoms with Gasteiger partial charge in [-0.2, -0.15) is 0 Å². The number of ether oxygens (including phenoxy) is 1. The van der Waals surface area contributed by atoms with E-state index in [0.29, 0.717) is 17.7 Å². The molecular weight excluding hydrogens is 1130 g/mol. The first kappa shape index (κ1) is 72.6. The van der Waals surface area contributed by atoms with Gasteiger partial charge in [-0.1, -0.05) is 167 Å². The summed E-state index contributed by atoms with van der Waals surface area (Å²) in [6.45, 7) is 24.5. The molecule has 9 amide bonds. The number of primary amides is 1. The number of rotatable bonds is 32. The Hall–Kier alpha value is -8.85. The summed E-state index contributed by atoms with van der Waals surface area (Å²) < 4.78 is 5.49. The second-order valence-corrected chi connectivity index (χ2v) is 24.6. The van der Waals surface area contributed by atoms with Crippen molar-refractivity contribution in [3.63, 3.8) is 0 Å². The zero-order valence-corrected chi connectivity index (χ0v) is 54.0. The summed E-state index contributed by atoms with van der Waals surface area (Å²) in [5.74, 6) is -4.36. The highest BCUT2D eigenvalue weighted by atomic mass is 16.5.